The molecule has 0 radical (unpaired) electrons. The lowest BCUT2D eigenvalue weighted by molar-refractivity contribution is -0.118. The van der Waals surface area contributed by atoms with E-state index in [1.165, 1.54) is 16.8 Å². The van der Waals surface area contributed by atoms with Crippen LogP contribution in [0.2, 0.25) is 0 Å². The highest BCUT2D eigenvalue weighted by Gasteiger charge is 2.08. The molecule has 138 valence electrons. The van der Waals surface area contributed by atoms with Gasteiger partial charge in [0.15, 0.2) is 6.61 Å². The normalized spacial score (nSPS) is 10.5. The third kappa shape index (κ3) is 4.61. The maximum absolute atomic E-state index is 12.1. The van der Waals surface area contributed by atoms with E-state index in [2.05, 4.69) is 10.4 Å². The van der Waals surface area contributed by atoms with Gasteiger partial charge in [-0.1, -0.05) is 18.2 Å². The molecule has 1 amide bonds. The maximum Gasteiger partial charge on any atom is 0.271 e. The van der Waals surface area contributed by atoms with Gasteiger partial charge < -0.3 is 10.1 Å². The summed E-state index contributed by atoms with van der Waals surface area (Å²) in [6.45, 7) is 5.72. The molecule has 6 heteroatoms. The van der Waals surface area contributed by atoms with Crippen molar-refractivity contribution in [1.82, 2.24) is 9.78 Å². The third-order valence-electron chi connectivity index (χ3n) is 4.16. The fourth-order valence-corrected chi connectivity index (χ4v) is 2.57. The lowest BCUT2D eigenvalue weighted by Crippen LogP contribution is -2.24. The van der Waals surface area contributed by atoms with Gasteiger partial charge in [-0.25, -0.2) is 0 Å². The van der Waals surface area contributed by atoms with E-state index in [9.17, 15) is 9.59 Å². The molecule has 0 saturated carbocycles. The average Bonchev–Trinajstić information content (AvgIpc) is 2.63. The summed E-state index contributed by atoms with van der Waals surface area (Å²) in [7, 11) is 0. The fourth-order valence-electron chi connectivity index (χ4n) is 2.57. The van der Waals surface area contributed by atoms with Crippen molar-refractivity contribution in [3.05, 3.63) is 81.6 Å². The summed E-state index contributed by atoms with van der Waals surface area (Å²) in [5.74, 6) is -0.0986. The summed E-state index contributed by atoms with van der Waals surface area (Å²) in [6.07, 6.45) is 0. The molecule has 0 aliphatic carbocycles. The van der Waals surface area contributed by atoms with Gasteiger partial charge in [0.05, 0.1) is 5.69 Å². The minimum Gasteiger partial charge on any atom is -0.467 e. The second kappa shape index (κ2) is 7.86. The molecule has 0 bridgehead atoms. The van der Waals surface area contributed by atoms with Crippen LogP contribution in [-0.4, -0.2) is 22.3 Å². The number of aryl methyl sites for hydroxylation is 3. The Hall–Kier alpha value is -3.41. The number of rotatable bonds is 5. The predicted molar refractivity (Wildman–Crippen MR) is 105 cm³/mol. The number of benzene rings is 2. The monoisotopic (exact) mass is 363 g/mol. The Morgan fingerprint density at radius 3 is 2.59 bits per heavy atom. The Kier molecular flexibility index (Phi) is 5.35. The van der Waals surface area contributed by atoms with Crippen molar-refractivity contribution in [2.24, 2.45) is 0 Å². The molecule has 3 aromatic rings. The summed E-state index contributed by atoms with van der Waals surface area (Å²) in [6, 6.07) is 16.0. The second-order valence-corrected chi connectivity index (χ2v) is 6.40. The van der Waals surface area contributed by atoms with E-state index in [1.54, 1.807) is 0 Å². The number of hydrogen-bond donors (Lipinski definition) is 1. The van der Waals surface area contributed by atoms with Crippen molar-refractivity contribution in [2.75, 3.05) is 11.9 Å². The van der Waals surface area contributed by atoms with Crippen LogP contribution < -0.4 is 15.6 Å². The van der Waals surface area contributed by atoms with E-state index in [1.807, 2.05) is 63.2 Å². The number of anilines is 1. The zero-order valence-corrected chi connectivity index (χ0v) is 15.5. The maximum atomic E-state index is 12.1. The first-order valence-corrected chi connectivity index (χ1v) is 8.60. The van der Waals surface area contributed by atoms with Crippen LogP contribution in [0.1, 0.15) is 16.7 Å². The lowest BCUT2D eigenvalue weighted by atomic mass is 10.1. The van der Waals surface area contributed by atoms with Crippen molar-refractivity contribution >= 4 is 11.6 Å². The van der Waals surface area contributed by atoms with Crippen LogP contribution in [0, 0.1) is 20.8 Å². The average molecular weight is 363 g/mol. The van der Waals surface area contributed by atoms with Gasteiger partial charge in [0, 0.05) is 17.8 Å². The molecule has 0 aliphatic heterocycles. The Bertz CT molecular complexity index is 1040. The smallest absolute Gasteiger partial charge is 0.271 e. The standard InChI is InChI=1S/C21H21N3O3/c1-14-5-4-6-17(11-14)22-19(25)13-27-20-9-10-21(26)24(23-20)18-8-7-15(2)16(3)12-18/h4-12H,13H2,1-3H3,(H,22,25). The van der Waals surface area contributed by atoms with Crippen LogP contribution in [-0.2, 0) is 4.79 Å². The van der Waals surface area contributed by atoms with Crippen LogP contribution in [0.25, 0.3) is 5.69 Å². The van der Waals surface area contributed by atoms with Crippen molar-refractivity contribution in [1.29, 1.82) is 0 Å². The molecule has 0 fully saturated rings. The molecule has 0 atom stereocenters. The molecule has 0 unspecified atom stereocenters. The van der Waals surface area contributed by atoms with Crippen molar-refractivity contribution < 1.29 is 9.53 Å². The number of carbonyl (C=O) groups is 1. The van der Waals surface area contributed by atoms with E-state index in [0.717, 1.165) is 16.7 Å². The van der Waals surface area contributed by atoms with Crippen LogP contribution in [0.4, 0.5) is 5.69 Å². The molecule has 0 aliphatic rings. The van der Waals surface area contributed by atoms with E-state index in [0.29, 0.717) is 11.4 Å². The van der Waals surface area contributed by atoms with Gasteiger partial charge in [0.25, 0.3) is 11.5 Å². The van der Waals surface area contributed by atoms with Crippen LogP contribution in [0.5, 0.6) is 5.88 Å². The summed E-state index contributed by atoms with van der Waals surface area (Å²) >= 11 is 0. The highest BCUT2D eigenvalue weighted by Crippen LogP contribution is 2.13. The van der Waals surface area contributed by atoms with Crippen LogP contribution in [0.3, 0.4) is 0 Å². The first-order chi connectivity index (χ1) is 12.9. The van der Waals surface area contributed by atoms with Gasteiger partial charge in [-0.15, -0.1) is 5.10 Å². The predicted octanol–water partition coefficient (Wildman–Crippen LogP) is 3.18. The second-order valence-electron chi connectivity index (χ2n) is 6.40. The molecular formula is C21H21N3O3. The van der Waals surface area contributed by atoms with Crippen LogP contribution >= 0.6 is 0 Å². The van der Waals surface area contributed by atoms with E-state index in [4.69, 9.17) is 4.74 Å². The number of hydrogen-bond acceptors (Lipinski definition) is 4. The molecule has 6 nitrogen and oxygen atoms in total. The number of aromatic nitrogens is 2. The van der Waals surface area contributed by atoms with Gasteiger partial charge in [0.2, 0.25) is 5.88 Å². The summed E-state index contributed by atoms with van der Waals surface area (Å²) in [5.41, 5.74) is 4.33. The first-order valence-electron chi connectivity index (χ1n) is 8.60. The number of nitrogens with zero attached hydrogens (tertiary/aromatic N) is 2. The Balaban J connectivity index is 1.71. The Labute approximate surface area is 157 Å². The van der Waals surface area contributed by atoms with Crippen LogP contribution in [0.15, 0.2) is 59.4 Å². The largest absolute Gasteiger partial charge is 0.467 e. The van der Waals surface area contributed by atoms with Gasteiger partial charge in [0.1, 0.15) is 0 Å². The van der Waals surface area contributed by atoms with E-state index < -0.39 is 0 Å². The lowest BCUT2D eigenvalue weighted by Gasteiger charge is -2.10. The van der Waals surface area contributed by atoms with Gasteiger partial charge in [-0.3, -0.25) is 9.59 Å². The number of ether oxygens (including phenoxy) is 1. The molecule has 2 aromatic carbocycles. The van der Waals surface area contributed by atoms with E-state index in [-0.39, 0.29) is 24.0 Å². The Morgan fingerprint density at radius 1 is 1.04 bits per heavy atom. The number of amides is 1. The minimum atomic E-state index is -0.300. The van der Waals surface area contributed by atoms with Crippen molar-refractivity contribution in [3.8, 4) is 11.6 Å². The number of nitrogens with one attached hydrogen (secondary N) is 1. The number of carbonyl (C=O) groups excluding carboxylic acids is 1. The zero-order valence-electron chi connectivity index (χ0n) is 15.5. The summed E-state index contributed by atoms with van der Waals surface area (Å²) in [4.78, 5) is 24.2. The van der Waals surface area contributed by atoms with Gasteiger partial charge in [-0.05, 0) is 61.7 Å². The molecule has 27 heavy (non-hydrogen) atoms. The molecular weight excluding hydrogens is 342 g/mol. The summed E-state index contributed by atoms with van der Waals surface area (Å²) < 4.78 is 6.72. The van der Waals surface area contributed by atoms with Gasteiger partial charge in [-0.2, -0.15) is 4.68 Å². The molecule has 0 spiro atoms. The molecule has 0 saturated heterocycles. The zero-order chi connectivity index (χ0) is 19.4. The molecule has 1 aromatic heterocycles. The summed E-state index contributed by atoms with van der Waals surface area (Å²) in [5, 5.41) is 6.97. The third-order valence-corrected chi connectivity index (χ3v) is 4.16. The fraction of sp³-hybridized carbons (Fsp3) is 0.190. The van der Waals surface area contributed by atoms with Crippen molar-refractivity contribution in [2.45, 2.75) is 20.8 Å². The quantitative estimate of drug-likeness (QED) is 0.756. The minimum absolute atomic E-state index is 0.201. The molecule has 1 N–H and O–H groups in total. The van der Waals surface area contributed by atoms with E-state index >= 15 is 0 Å². The first kappa shape index (κ1) is 18.4. The molecule has 1 heterocycles. The van der Waals surface area contributed by atoms with Gasteiger partial charge >= 0.3 is 0 Å². The highest BCUT2D eigenvalue weighted by atomic mass is 16.5. The topological polar surface area (TPSA) is 73.2 Å². The van der Waals surface area contributed by atoms with Crippen molar-refractivity contribution in [3.63, 3.8) is 0 Å². The SMILES string of the molecule is Cc1cccc(NC(=O)COc2ccc(=O)n(-c3ccc(C)c(C)c3)n2)c1. The molecule has 3 rings (SSSR count). The highest BCUT2D eigenvalue weighted by molar-refractivity contribution is 5.91. The Morgan fingerprint density at radius 2 is 1.85 bits per heavy atom.